The van der Waals surface area contributed by atoms with Crippen molar-refractivity contribution in [1.82, 2.24) is 9.88 Å². The van der Waals surface area contributed by atoms with Crippen molar-refractivity contribution in [3.05, 3.63) is 48.2 Å². The molecule has 3 heterocycles. The molecule has 1 fully saturated rings. The Hall–Kier alpha value is -3.13. The highest BCUT2D eigenvalue weighted by molar-refractivity contribution is 6.09. The number of hydrogen-bond acceptors (Lipinski definition) is 6. The summed E-state index contributed by atoms with van der Waals surface area (Å²) in [5.41, 5.74) is 1.05. The van der Waals surface area contributed by atoms with Gasteiger partial charge >= 0.3 is 0 Å². The van der Waals surface area contributed by atoms with Crippen LogP contribution in [0, 0.1) is 0 Å². The van der Waals surface area contributed by atoms with Crippen LogP contribution in [-0.2, 0) is 4.74 Å². The maximum absolute atomic E-state index is 13.3. The van der Waals surface area contributed by atoms with Gasteiger partial charge in [-0.1, -0.05) is 6.07 Å². The Morgan fingerprint density at radius 1 is 1.30 bits per heavy atom. The van der Waals surface area contributed by atoms with Gasteiger partial charge in [0.2, 0.25) is 0 Å². The summed E-state index contributed by atoms with van der Waals surface area (Å²) in [4.78, 5) is 24.3. The van der Waals surface area contributed by atoms with Crippen molar-refractivity contribution in [3.8, 4) is 5.75 Å². The van der Waals surface area contributed by atoms with Gasteiger partial charge in [-0.25, -0.2) is 4.98 Å². The molecule has 1 spiro atoms. The van der Waals surface area contributed by atoms with E-state index < -0.39 is 5.54 Å². The average molecular weight is 409 g/mol. The van der Waals surface area contributed by atoms with Gasteiger partial charge in [-0.05, 0) is 43.2 Å². The van der Waals surface area contributed by atoms with E-state index in [1.54, 1.807) is 26.5 Å². The fourth-order valence-corrected chi connectivity index (χ4v) is 4.06. The molecule has 158 valence electrons. The predicted octanol–water partition coefficient (Wildman–Crippen LogP) is 2.65. The van der Waals surface area contributed by atoms with E-state index in [-0.39, 0.29) is 5.91 Å². The zero-order valence-corrected chi connectivity index (χ0v) is 17.4. The number of pyridine rings is 1. The molecule has 4 rings (SSSR count). The van der Waals surface area contributed by atoms with Crippen molar-refractivity contribution in [3.63, 3.8) is 0 Å². The first-order chi connectivity index (χ1) is 14.6. The van der Waals surface area contributed by atoms with Crippen molar-refractivity contribution in [2.24, 2.45) is 4.99 Å². The Labute approximate surface area is 176 Å². The molecule has 2 aromatic rings. The summed E-state index contributed by atoms with van der Waals surface area (Å²) >= 11 is 0. The van der Waals surface area contributed by atoms with Gasteiger partial charge in [0.25, 0.3) is 5.91 Å². The minimum absolute atomic E-state index is 0.0111. The van der Waals surface area contributed by atoms with Crippen LogP contribution >= 0.6 is 0 Å². The van der Waals surface area contributed by atoms with Crippen molar-refractivity contribution >= 4 is 23.2 Å². The lowest BCUT2D eigenvalue weighted by molar-refractivity contribution is 0.0694. The number of amides is 1. The Morgan fingerprint density at radius 3 is 3.03 bits per heavy atom. The number of likely N-dealkylation sites (tertiary alicyclic amines) is 1. The maximum atomic E-state index is 13.3. The number of piperidine rings is 1. The zero-order chi connectivity index (χ0) is 21.0. The van der Waals surface area contributed by atoms with Gasteiger partial charge in [0.05, 0.1) is 32.5 Å². The Balaban J connectivity index is 1.63. The van der Waals surface area contributed by atoms with Gasteiger partial charge in [-0.2, -0.15) is 0 Å². The van der Waals surface area contributed by atoms with Gasteiger partial charge in [0, 0.05) is 25.4 Å². The number of hydrogen-bond donors (Lipinski definition) is 2. The monoisotopic (exact) mass is 409 g/mol. The van der Waals surface area contributed by atoms with E-state index in [9.17, 15) is 4.79 Å². The van der Waals surface area contributed by atoms with E-state index >= 15 is 0 Å². The van der Waals surface area contributed by atoms with Crippen LogP contribution in [-0.4, -0.2) is 67.6 Å². The first-order valence-corrected chi connectivity index (χ1v) is 10.1. The summed E-state index contributed by atoms with van der Waals surface area (Å²) in [6, 6.07) is 11.2. The van der Waals surface area contributed by atoms with Crippen LogP contribution in [0.5, 0.6) is 5.75 Å². The lowest BCUT2D eigenvalue weighted by Gasteiger charge is -2.47. The van der Waals surface area contributed by atoms with Crippen LogP contribution in [0.15, 0.2) is 47.6 Å². The van der Waals surface area contributed by atoms with Crippen LogP contribution in [0.25, 0.3) is 0 Å². The number of ether oxygens (including phenoxy) is 2. The fourth-order valence-electron chi connectivity index (χ4n) is 4.06. The molecular weight excluding hydrogens is 382 g/mol. The molecule has 30 heavy (non-hydrogen) atoms. The first-order valence-electron chi connectivity index (χ1n) is 10.1. The normalized spacial score (nSPS) is 21.7. The largest absolute Gasteiger partial charge is 0.497 e. The van der Waals surface area contributed by atoms with E-state index in [1.165, 1.54) is 0 Å². The number of nitrogens with zero attached hydrogens (tertiary/aromatic N) is 3. The third-order valence-corrected chi connectivity index (χ3v) is 5.53. The molecule has 1 unspecified atom stereocenters. The predicted molar refractivity (Wildman–Crippen MR) is 117 cm³/mol. The van der Waals surface area contributed by atoms with E-state index in [0.717, 1.165) is 30.2 Å². The average Bonchev–Trinajstić information content (AvgIpc) is 2.79. The maximum Gasteiger partial charge on any atom is 0.254 e. The number of benzene rings is 1. The van der Waals surface area contributed by atoms with E-state index in [0.29, 0.717) is 37.6 Å². The Morgan fingerprint density at radius 2 is 2.20 bits per heavy atom. The number of rotatable bonds is 5. The molecule has 0 aliphatic carbocycles. The Bertz CT molecular complexity index is 948. The first kappa shape index (κ1) is 20.2. The third-order valence-electron chi connectivity index (χ3n) is 5.53. The number of fused-ring (bicyclic) bond motifs is 1. The number of carbonyl (C=O) groups is 1. The number of aromatic nitrogens is 1. The Kier molecular flexibility index (Phi) is 5.85. The molecule has 1 aromatic carbocycles. The molecule has 0 radical (unpaired) electrons. The molecule has 1 amide bonds. The molecule has 8 nitrogen and oxygen atoms in total. The number of aliphatic imine (C=N–C) groups is 1. The smallest absolute Gasteiger partial charge is 0.254 e. The highest BCUT2D eigenvalue weighted by Crippen LogP contribution is 2.35. The van der Waals surface area contributed by atoms with Crippen molar-refractivity contribution < 1.29 is 14.3 Å². The minimum Gasteiger partial charge on any atom is -0.497 e. The lowest BCUT2D eigenvalue weighted by Crippen LogP contribution is -2.62. The lowest BCUT2D eigenvalue weighted by atomic mass is 9.85. The van der Waals surface area contributed by atoms with Crippen LogP contribution in [0.4, 0.5) is 11.5 Å². The number of amidine groups is 1. The molecule has 2 aliphatic heterocycles. The van der Waals surface area contributed by atoms with Crippen LogP contribution in [0.2, 0.25) is 0 Å². The second-order valence-corrected chi connectivity index (χ2v) is 7.52. The molecule has 1 atom stereocenters. The fraction of sp³-hybridized carbons (Fsp3) is 0.409. The van der Waals surface area contributed by atoms with Crippen molar-refractivity contribution in [2.75, 3.05) is 51.1 Å². The molecule has 2 N–H and O–H groups in total. The molecule has 8 heteroatoms. The molecule has 1 saturated heterocycles. The summed E-state index contributed by atoms with van der Waals surface area (Å²) < 4.78 is 10.5. The van der Waals surface area contributed by atoms with E-state index in [1.807, 2.05) is 35.2 Å². The summed E-state index contributed by atoms with van der Waals surface area (Å²) in [6.07, 6.45) is 3.48. The quantitative estimate of drug-likeness (QED) is 0.738. The van der Waals surface area contributed by atoms with Gasteiger partial charge in [-0.15, -0.1) is 0 Å². The minimum atomic E-state index is -0.490. The van der Waals surface area contributed by atoms with Gasteiger partial charge < -0.3 is 25.0 Å². The summed E-state index contributed by atoms with van der Waals surface area (Å²) in [6.45, 7) is 2.28. The highest BCUT2D eigenvalue weighted by atomic mass is 16.5. The van der Waals surface area contributed by atoms with Crippen molar-refractivity contribution in [2.45, 2.75) is 18.4 Å². The van der Waals surface area contributed by atoms with E-state index in [2.05, 4.69) is 15.6 Å². The third kappa shape index (κ3) is 3.95. The molecular formula is C22H27N5O3. The van der Waals surface area contributed by atoms with Crippen LogP contribution in [0.3, 0.4) is 0 Å². The molecule has 0 saturated carbocycles. The van der Waals surface area contributed by atoms with Gasteiger partial charge in [0.15, 0.2) is 5.82 Å². The zero-order valence-electron chi connectivity index (χ0n) is 17.4. The van der Waals surface area contributed by atoms with Crippen molar-refractivity contribution in [1.29, 1.82) is 0 Å². The van der Waals surface area contributed by atoms with Crippen LogP contribution < -0.4 is 15.4 Å². The molecule has 2 aliphatic rings. The van der Waals surface area contributed by atoms with E-state index in [4.69, 9.17) is 14.5 Å². The molecule has 1 aromatic heterocycles. The SMILES string of the molecule is COCCN=C1Nc2ncccc2NC12CCCN(C(=O)c1cccc(OC)c1)C2. The van der Waals surface area contributed by atoms with Crippen LogP contribution in [0.1, 0.15) is 23.2 Å². The second-order valence-electron chi connectivity index (χ2n) is 7.52. The second kappa shape index (κ2) is 8.71. The number of methoxy groups -OCH3 is 2. The summed E-state index contributed by atoms with van der Waals surface area (Å²) in [7, 11) is 3.26. The number of nitrogens with one attached hydrogen (secondary N) is 2. The number of carbonyl (C=O) groups excluding carboxylic acids is 1. The summed E-state index contributed by atoms with van der Waals surface area (Å²) in [5.74, 6) is 2.21. The number of anilines is 2. The topological polar surface area (TPSA) is 88.1 Å². The standard InChI is InChI=1S/C22H27N5O3/c1-29-13-11-24-21-22(26-18-8-4-10-23-19(18)25-21)9-5-12-27(15-22)20(28)16-6-3-7-17(14-16)30-2/h3-4,6-8,10,14,26H,5,9,11-13,15H2,1-2H3,(H,23,24,25). The van der Waals surface area contributed by atoms with Gasteiger partial charge in [-0.3, -0.25) is 9.79 Å². The highest BCUT2D eigenvalue weighted by Gasteiger charge is 2.45. The summed E-state index contributed by atoms with van der Waals surface area (Å²) in [5, 5.41) is 7.03. The van der Waals surface area contributed by atoms with Gasteiger partial charge in [0.1, 0.15) is 17.1 Å². The molecule has 0 bridgehead atoms.